The normalized spacial score (nSPS) is 9.89. The maximum absolute atomic E-state index is 13.5. The quantitative estimate of drug-likeness (QED) is 0.812. The summed E-state index contributed by atoms with van der Waals surface area (Å²) in [7, 11) is 0. The van der Waals surface area contributed by atoms with Crippen LogP contribution in [0.25, 0.3) is 0 Å². The number of halogens is 3. The highest BCUT2D eigenvalue weighted by atomic mass is 35.5. The maximum atomic E-state index is 13.5. The second-order valence-electron chi connectivity index (χ2n) is 3.43. The van der Waals surface area contributed by atoms with Crippen molar-refractivity contribution >= 4 is 11.6 Å². The molecule has 0 spiro atoms. The highest BCUT2D eigenvalue weighted by molar-refractivity contribution is 6.32. The molecule has 2 rings (SSSR count). The van der Waals surface area contributed by atoms with E-state index in [0.29, 0.717) is 0 Å². The van der Waals surface area contributed by atoms with Crippen molar-refractivity contribution in [3.05, 3.63) is 58.6 Å². The van der Waals surface area contributed by atoms with E-state index in [1.807, 2.05) is 0 Å². The minimum atomic E-state index is -0.686. The molecule has 0 bridgehead atoms. The second-order valence-corrected chi connectivity index (χ2v) is 3.84. The van der Waals surface area contributed by atoms with Gasteiger partial charge in [0.15, 0.2) is 11.6 Å². The summed E-state index contributed by atoms with van der Waals surface area (Å²) in [6.07, 6.45) is 0. The fraction of sp³-hybridized carbons (Fsp3) is 0. The van der Waals surface area contributed by atoms with Crippen LogP contribution in [0.4, 0.5) is 8.78 Å². The molecule has 0 aliphatic heterocycles. The smallest absolute Gasteiger partial charge is 0.167 e. The summed E-state index contributed by atoms with van der Waals surface area (Å²) in [5, 5.41) is 8.64. The molecule has 0 aliphatic carbocycles. The van der Waals surface area contributed by atoms with E-state index in [0.717, 1.165) is 18.2 Å². The zero-order valence-electron chi connectivity index (χ0n) is 8.95. The van der Waals surface area contributed by atoms with Crippen molar-refractivity contribution in [1.82, 2.24) is 0 Å². The summed E-state index contributed by atoms with van der Waals surface area (Å²) >= 11 is 5.75. The van der Waals surface area contributed by atoms with Gasteiger partial charge in [-0.3, -0.25) is 0 Å². The van der Waals surface area contributed by atoms with Gasteiger partial charge in [-0.1, -0.05) is 11.6 Å². The Bertz CT molecular complexity index is 637. The van der Waals surface area contributed by atoms with Crippen LogP contribution >= 0.6 is 11.6 Å². The van der Waals surface area contributed by atoms with Gasteiger partial charge in [-0.05, 0) is 36.4 Å². The lowest BCUT2D eigenvalue weighted by Crippen LogP contribution is -1.90. The predicted molar refractivity (Wildman–Crippen MR) is 62.6 cm³/mol. The van der Waals surface area contributed by atoms with E-state index in [-0.39, 0.29) is 22.1 Å². The summed E-state index contributed by atoms with van der Waals surface area (Å²) in [5.74, 6) is -1.13. The summed E-state index contributed by atoms with van der Waals surface area (Å²) in [6.45, 7) is 0. The predicted octanol–water partition coefficient (Wildman–Crippen LogP) is 4.28. The Balaban J connectivity index is 2.32. The van der Waals surface area contributed by atoms with E-state index in [1.54, 1.807) is 6.07 Å². The molecular weight excluding hydrogens is 260 g/mol. The van der Waals surface area contributed by atoms with Crippen molar-refractivity contribution in [2.24, 2.45) is 0 Å². The van der Waals surface area contributed by atoms with Crippen molar-refractivity contribution in [1.29, 1.82) is 5.26 Å². The largest absolute Gasteiger partial charge is 0.453 e. The molecule has 90 valence electrons. The molecule has 5 heteroatoms. The van der Waals surface area contributed by atoms with E-state index < -0.39 is 11.6 Å². The maximum Gasteiger partial charge on any atom is 0.167 e. The van der Waals surface area contributed by atoms with E-state index in [9.17, 15) is 8.78 Å². The average molecular weight is 266 g/mol. The van der Waals surface area contributed by atoms with Gasteiger partial charge >= 0.3 is 0 Å². The first-order valence-electron chi connectivity index (χ1n) is 4.92. The van der Waals surface area contributed by atoms with Crippen LogP contribution in [0, 0.1) is 23.0 Å². The Kier molecular flexibility index (Phi) is 3.45. The van der Waals surface area contributed by atoms with Crippen molar-refractivity contribution < 1.29 is 13.5 Å². The summed E-state index contributed by atoms with van der Waals surface area (Å²) in [5.41, 5.74) is 0.185. The standard InChI is InChI=1S/C13H6ClF2NO/c14-10-6-9(15)2-4-12(10)18-13-3-1-8(7-17)5-11(13)16/h1-6H. The molecule has 0 radical (unpaired) electrons. The summed E-state index contributed by atoms with van der Waals surface area (Å²) in [4.78, 5) is 0. The molecule has 0 atom stereocenters. The van der Waals surface area contributed by atoms with Crippen molar-refractivity contribution in [3.63, 3.8) is 0 Å². The van der Waals surface area contributed by atoms with Crippen LogP contribution in [0.2, 0.25) is 5.02 Å². The molecule has 2 aromatic carbocycles. The van der Waals surface area contributed by atoms with Crippen molar-refractivity contribution in [2.45, 2.75) is 0 Å². The van der Waals surface area contributed by atoms with Crippen LogP contribution in [0.3, 0.4) is 0 Å². The lowest BCUT2D eigenvalue weighted by Gasteiger charge is -2.08. The zero-order chi connectivity index (χ0) is 13.1. The van der Waals surface area contributed by atoms with Crippen LogP contribution in [0.5, 0.6) is 11.5 Å². The number of hydrogen-bond donors (Lipinski definition) is 0. The fourth-order valence-corrected chi connectivity index (χ4v) is 1.54. The topological polar surface area (TPSA) is 33.0 Å². The van der Waals surface area contributed by atoms with Gasteiger partial charge in [-0.25, -0.2) is 8.78 Å². The van der Waals surface area contributed by atoms with E-state index in [1.165, 1.54) is 18.2 Å². The Morgan fingerprint density at radius 1 is 1.06 bits per heavy atom. The van der Waals surface area contributed by atoms with Crippen molar-refractivity contribution in [3.8, 4) is 17.6 Å². The van der Waals surface area contributed by atoms with Gasteiger partial charge in [0, 0.05) is 0 Å². The third kappa shape index (κ3) is 2.58. The molecular formula is C13H6ClF2NO. The molecule has 2 aromatic rings. The number of ether oxygens (including phenoxy) is 1. The van der Waals surface area contributed by atoms with Crippen LogP contribution in [-0.2, 0) is 0 Å². The Labute approximate surface area is 107 Å². The van der Waals surface area contributed by atoms with E-state index in [2.05, 4.69) is 0 Å². The van der Waals surface area contributed by atoms with Gasteiger partial charge in [-0.2, -0.15) is 5.26 Å². The molecule has 0 aromatic heterocycles. The lowest BCUT2D eigenvalue weighted by molar-refractivity contribution is 0.441. The number of nitriles is 1. The zero-order valence-corrected chi connectivity index (χ0v) is 9.71. The Hall–Kier alpha value is -2.12. The minimum absolute atomic E-state index is 0.0405. The highest BCUT2D eigenvalue weighted by Gasteiger charge is 2.09. The van der Waals surface area contributed by atoms with Gasteiger partial charge in [-0.15, -0.1) is 0 Å². The summed E-state index contributed by atoms with van der Waals surface area (Å²) in [6, 6.07) is 9.10. The van der Waals surface area contributed by atoms with Gasteiger partial charge in [0.1, 0.15) is 11.6 Å². The molecule has 0 N–H and O–H groups in total. The molecule has 0 heterocycles. The monoisotopic (exact) mass is 265 g/mol. The molecule has 2 nitrogen and oxygen atoms in total. The number of benzene rings is 2. The first kappa shape index (κ1) is 12.3. The molecule has 0 saturated heterocycles. The number of rotatable bonds is 2. The van der Waals surface area contributed by atoms with Crippen LogP contribution < -0.4 is 4.74 Å². The molecule has 0 unspecified atom stereocenters. The van der Waals surface area contributed by atoms with Gasteiger partial charge in [0.05, 0.1) is 16.7 Å². The minimum Gasteiger partial charge on any atom is -0.453 e. The second kappa shape index (κ2) is 5.03. The molecule has 0 aliphatic rings. The Morgan fingerprint density at radius 2 is 1.78 bits per heavy atom. The van der Waals surface area contributed by atoms with Crippen molar-refractivity contribution in [2.75, 3.05) is 0 Å². The third-order valence-electron chi connectivity index (χ3n) is 2.17. The van der Waals surface area contributed by atoms with Crippen LogP contribution in [0.15, 0.2) is 36.4 Å². The van der Waals surface area contributed by atoms with Gasteiger partial charge in [0.25, 0.3) is 0 Å². The first-order valence-corrected chi connectivity index (χ1v) is 5.30. The first-order chi connectivity index (χ1) is 8.60. The van der Waals surface area contributed by atoms with Crippen LogP contribution in [0.1, 0.15) is 5.56 Å². The Morgan fingerprint density at radius 3 is 2.39 bits per heavy atom. The van der Waals surface area contributed by atoms with Gasteiger partial charge in [0.2, 0.25) is 0 Å². The highest BCUT2D eigenvalue weighted by Crippen LogP contribution is 2.31. The fourth-order valence-electron chi connectivity index (χ4n) is 1.33. The SMILES string of the molecule is N#Cc1ccc(Oc2ccc(F)cc2Cl)c(F)c1. The third-order valence-corrected chi connectivity index (χ3v) is 2.47. The van der Waals surface area contributed by atoms with Gasteiger partial charge < -0.3 is 4.74 Å². The number of hydrogen-bond acceptors (Lipinski definition) is 2. The molecule has 0 fully saturated rings. The molecule has 0 saturated carbocycles. The lowest BCUT2D eigenvalue weighted by atomic mass is 10.2. The van der Waals surface area contributed by atoms with Crippen LogP contribution in [-0.4, -0.2) is 0 Å². The number of nitrogens with zero attached hydrogens (tertiary/aromatic N) is 1. The summed E-state index contributed by atoms with van der Waals surface area (Å²) < 4.78 is 31.6. The van der Waals surface area contributed by atoms with E-state index >= 15 is 0 Å². The molecule has 18 heavy (non-hydrogen) atoms. The molecule has 0 amide bonds. The van der Waals surface area contributed by atoms with E-state index in [4.69, 9.17) is 21.6 Å². The average Bonchev–Trinajstić information content (AvgIpc) is 2.34.